The van der Waals surface area contributed by atoms with Crippen molar-refractivity contribution in [1.29, 1.82) is 5.41 Å². The van der Waals surface area contributed by atoms with Crippen LogP contribution in [0.4, 0.5) is 10.5 Å². The lowest BCUT2D eigenvalue weighted by molar-refractivity contribution is -0.138. The Hall–Kier alpha value is -3.65. The number of imidazole rings is 1. The molecule has 3 saturated heterocycles. The standard InChI is InChI=1S/C27H38N8O5S/c1-41(39,40)34-12-8-17(9-13-34)20-14-23(35(16-20)25(36)19-6-10-33(11-7-19)26(28)29)24-30-15-22(32-24)18-2-4-21(5-3-18)31-27(37)38/h2-5,15,17,19-20,23,31H,6-14,16H2,1H3,(H3,28,29)(H,30,32)(H,37,38)/t20-,23-/m0/s1. The zero-order valence-corrected chi connectivity index (χ0v) is 23.9. The van der Waals surface area contributed by atoms with Gasteiger partial charge in [-0.15, -0.1) is 0 Å². The number of carbonyl (C=O) groups excluding carboxylic acids is 1. The lowest BCUT2D eigenvalue weighted by atomic mass is 9.83. The molecule has 6 N–H and O–H groups in total. The molecular weight excluding hydrogens is 548 g/mol. The summed E-state index contributed by atoms with van der Waals surface area (Å²) in [5.41, 5.74) is 7.74. The second-order valence-electron chi connectivity index (χ2n) is 11.3. The first-order valence-electron chi connectivity index (χ1n) is 14.0. The average Bonchev–Trinajstić information content (AvgIpc) is 3.60. The number of guanidine groups is 1. The summed E-state index contributed by atoms with van der Waals surface area (Å²) >= 11 is 0. The molecule has 2 aromatic rings. The van der Waals surface area contributed by atoms with Crippen molar-refractivity contribution in [2.24, 2.45) is 23.5 Å². The number of nitrogens with one attached hydrogen (secondary N) is 3. The summed E-state index contributed by atoms with van der Waals surface area (Å²) in [4.78, 5) is 36.7. The summed E-state index contributed by atoms with van der Waals surface area (Å²) in [6.07, 6.45) is 5.42. The molecule has 4 heterocycles. The number of hydrogen-bond donors (Lipinski definition) is 5. The number of aromatic nitrogens is 2. The zero-order valence-electron chi connectivity index (χ0n) is 23.1. The van der Waals surface area contributed by atoms with Crippen LogP contribution in [0.3, 0.4) is 0 Å². The minimum atomic E-state index is -3.22. The Morgan fingerprint density at radius 1 is 1.07 bits per heavy atom. The lowest BCUT2D eigenvalue weighted by Gasteiger charge is -2.35. The van der Waals surface area contributed by atoms with Gasteiger partial charge in [0.25, 0.3) is 0 Å². The van der Waals surface area contributed by atoms with Crippen LogP contribution >= 0.6 is 0 Å². The average molecular weight is 587 g/mol. The molecule has 0 bridgehead atoms. The summed E-state index contributed by atoms with van der Waals surface area (Å²) in [7, 11) is -3.22. The Balaban J connectivity index is 1.34. The predicted octanol–water partition coefficient (Wildman–Crippen LogP) is 2.33. The highest BCUT2D eigenvalue weighted by atomic mass is 32.2. The fourth-order valence-electron chi connectivity index (χ4n) is 6.50. The number of anilines is 1. The van der Waals surface area contributed by atoms with Crippen molar-refractivity contribution in [2.75, 3.05) is 44.3 Å². The molecule has 2 atom stereocenters. The Labute approximate surface area is 239 Å². The molecule has 5 rings (SSSR count). The molecule has 3 aliphatic rings. The number of likely N-dealkylation sites (tertiary alicyclic amines) is 2. The van der Waals surface area contributed by atoms with Crippen molar-refractivity contribution >= 4 is 33.7 Å². The highest BCUT2D eigenvalue weighted by Gasteiger charge is 2.44. The van der Waals surface area contributed by atoms with Gasteiger partial charge in [-0.05, 0) is 61.6 Å². The van der Waals surface area contributed by atoms with Crippen LogP contribution < -0.4 is 11.1 Å². The molecule has 13 nitrogen and oxygen atoms in total. The van der Waals surface area contributed by atoms with Crippen molar-refractivity contribution in [1.82, 2.24) is 24.1 Å². The third kappa shape index (κ3) is 6.48. The van der Waals surface area contributed by atoms with Gasteiger partial charge in [0.1, 0.15) is 5.82 Å². The molecule has 0 spiro atoms. The number of hydrogen-bond acceptors (Lipinski definition) is 6. The van der Waals surface area contributed by atoms with E-state index < -0.39 is 16.1 Å². The molecule has 0 radical (unpaired) electrons. The molecule has 0 saturated carbocycles. The van der Waals surface area contributed by atoms with E-state index in [0.717, 1.165) is 30.5 Å². The number of nitrogens with two attached hydrogens (primary N) is 1. The van der Waals surface area contributed by atoms with Crippen LogP contribution in [0.15, 0.2) is 30.5 Å². The predicted molar refractivity (Wildman–Crippen MR) is 154 cm³/mol. The maximum atomic E-state index is 13.9. The second kappa shape index (κ2) is 11.7. The van der Waals surface area contributed by atoms with E-state index in [4.69, 9.17) is 16.2 Å². The number of carboxylic acid groups (broad SMARTS) is 1. The second-order valence-corrected chi connectivity index (χ2v) is 13.3. The fourth-order valence-corrected chi connectivity index (χ4v) is 7.38. The molecule has 0 unspecified atom stereocenters. The first-order chi connectivity index (χ1) is 19.5. The van der Waals surface area contributed by atoms with Gasteiger partial charge in [0.2, 0.25) is 15.9 Å². The Morgan fingerprint density at radius 3 is 2.32 bits per heavy atom. The number of sulfonamides is 1. The van der Waals surface area contributed by atoms with E-state index in [1.165, 1.54) is 10.6 Å². The number of carbonyl (C=O) groups is 2. The van der Waals surface area contributed by atoms with Crippen molar-refractivity contribution in [3.63, 3.8) is 0 Å². The highest BCUT2D eigenvalue weighted by Crippen LogP contribution is 2.42. The van der Waals surface area contributed by atoms with Gasteiger partial charge in [-0.3, -0.25) is 15.5 Å². The molecule has 1 aromatic heterocycles. The Morgan fingerprint density at radius 2 is 1.73 bits per heavy atom. The van der Waals surface area contributed by atoms with Crippen LogP contribution in [-0.4, -0.2) is 94.5 Å². The van der Waals surface area contributed by atoms with Gasteiger partial charge >= 0.3 is 6.09 Å². The minimum absolute atomic E-state index is 0.0327. The number of piperidine rings is 2. The van der Waals surface area contributed by atoms with E-state index in [1.54, 1.807) is 35.4 Å². The summed E-state index contributed by atoms with van der Waals surface area (Å²) in [6, 6.07) is 6.75. The van der Waals surface area contributed by atoms with Crippen molar-refractivity contribution in [3.05, 3.63) is 36.3 Å². The number of rotatable bonds is 6. The van der Waals surface area contributed by atoms with Gasteiger partial charge in [-0.2, -0.15) is 0 Å². The number of aromatic amines is 1. The minimum Gasteiger partial charge on any atom is -0.465 e. The quantitative estimate of drug-likeness (QED) is 0.252. The Bertz CT molecular complexity index is 1380. The van der Waals surface area contributed by atoms with Gasteiger partial charge in [-0.25, -0.2) is 22.5 Å². The third-order valence-electron chi connectivity index (χ3n) is 8.79. The van der Waals surface area contributed by atoms with Crippen molar-refractivity contribution in [3.8, 4) is 11.3 Å². The molecule has 3 fully saturated rings. The maximum Gasteiger partial charge on any atom is 0.409 e. The summed E-state index contributed by atoms with van der Waals surface area (Å²) in [5, 5.41) is 19.0. The fraction of sp³-hybridized carbons (Fsp3) is 0.556. The van der Waals surface area contributed by atoms with Gasteiger partial charge in [0.05, 0.1) is 24.2 Å². The van der Waals surface area contributed by atoms with Crippen LogP contribution in [0.5, 0.6) is 0 Å². The normalized spacial score (nSPS) is 23.0. The molecule has 222 valence electrons. The molecule has 14 heteroatoms. The number of H-pyrrole nitrogens is 1. The van der Waals surface area contributed by atoms with Crippen LogP contribution in [-0.2, 0) is 14.8 Å². The van der Waals surface area contributed by atoms with Crippen LogP contribution in [0, 0.1) is 23.2 Å². The molecule has 2 amide bonds. The third-order valence-corrected chi connectivity index (χ3v) is 10.1. The highest BCUT2D eigenvalue weighted by molar-refractivity contribution is 7.88. The molecule has 0 aliphatic carbocycles. The van der Waals surface area contributed by atoms with E-state index in [0.29, 0.717) is 63.0 Å². The number of nitrogens with zero attached hydrogens (tertiary/aromatic N) is 4. The van der Waals surface area contributed by atoms with Crippen LogP contribution in [0.25, 0.3) is 11.3 Å². The van der Waals surface area contributed by atoms with Crippen molar-refractivity contribution < 1.29 is 23.1 Å². The van der Waals surface area contributed by atoms with Gasteiger partial charge in [0, 0.05) is 44.3 Å². The summed E-state index contributed by atoms with van der Waals surface area (Å²) in [5.74, 6) is 1.23. The lowest BCUT2D eigenvalue weighted by Crippen LogP contribution is -2.46. The van der Waals surface area contributed by atoms with Gasteiger partial charge < -0.3 is 25.6 Å². The topological polar surface area (TPSA) is 189 Å². The molecule has 1 aromatic carbocycles. The maximum absolute atomic E-state index is 13.9. The van der Waals surface area contributed by atoms with E-state index in [-0.39, 0.29) is 29.7 Å². The van der Waals surface area contributed by atoms with E-state index >= 15 is 0 Å². The van der Waals surface area contributed by atoms with E-state index in [1.807, 2.05) is 4.90 Å². The number of benzene rings is 1. The van der Waals surface area contributed by atoms with Crippen LogP contribution in [0.2, 0.25) is 0 Å². The van der Waals surface area contributed by atoms with Gasteiger partial charge in [0.15, 0.2) is 5.96 Å². The Kier molecular flexibility index (Phi) is 8.23. The van der Waals surface area contributed by atoms with E-state index in [9.17, 15) is 18.0 Å². The summed E-state index contributed by atoms with van der Waals surface area (Å²) in [6.45, 7) is 2.76. The molecular formula is C27H38N8O5S. The first kappa shape index (κ1) is 28.9. The molecule has 41 heavy (non-hydrogen) atoms. The monoisotopic (exact) mass is 586 g/mol. The van der Waals surface area contributed by atoms with Crippen molar-refractivity contribution in [2.45, 2.75) is 38.1 Å². The van der Waals surface area contributed by atoms with E-state index in [2.05, 4.69) is 15.3 Å². The van der Waals surface area contributed by atoms with Crippen LogP contribution in [0.1, 0.15) is 44.0 Å². The largest absolute Gasteiger partial charge is 0.465 e. The van der Waals surface area contributed by atoms with Gasteiger partial charge in [-0.1, -0.05) is 12.1 Å². The number of amides is 2. The first-order valence-corrected chi connectivity index (χ1v) is 15.8. The SMILES string of the molecule is CS(=O)(=O)N1CCC([C@H]2C[C@@H](c3ncc(-c4ccc(NC(=O)O)cc4)[nH]3)N(C(=O)C3CCN(C(=N)N)CC3)C2)CC1. The summed E-state index contributed by atoms with van der Waals surface area (Å²) < 4.78 is 25.6. The smallest absolute Gasteiger partial charge is 0.409 e. The molecule has 3 aliphatic heterocycles. The zero-order chi connectivity index (χ0) is 29.3.